The molecule has 1 atom stereocenters. The summed E-state index contributed by atoms with van der Waals surface area (Å²) in [5, 5.41) is 11.7. The van der Waals surface area contributed by atoms with Crippen molar-refractivity contribution in [3.05, 3.63) is 80.8 Å². The van der Waals surface area contributed by atoms with Gasteiger partial charge in [0.1, 0.15) is 16.4 Å². The molecule has 0 radical (unpaired) electrons. The Hall–Kier alpha value is -3.69. The van der Waals surface area contributed by atoms with Gasteiger partial charge >= 0.3 is 11.9 Å². The molecule has 0 saturated carbocycles. The maximum absolute atomic E-state index is 13.2. The summed E-state index contributed by atoms with van der Waals surface area (Å²) in [6, 6.07) is 12.1. The maximum Gasteiger partial charge on any atom is 0.350 e. The fourth-order valence-electron chi connectivity index (χ4n) is 3.72. The van der Waals surface area contributed by atoms with Crippen molar-refractivity contribution < 1.29 is 29.0 Å². The molecule has 34 heavy (non-hydrogen) atoms. The number of aromatic nitrogens is 1. The van der Waals surface area contributed by atoms with Crippen LogP contribution in [0, 0.1) is 6.92 Å². The van der Waals surface area contributed by atoms with Crippen LogP contribution in [0.5, 0.6) is 5.75 Å². The van der Waals surface area contributed by atoms with Gasteiger partial charge in [-0.1, -0.05) is 47.2 Å². The number of benzene rings is 2. The van der Waals surface area contributed by atoms with Gasteiger partial charge in [-0.2, -0.15) is 0 Å². The number of ether oxygens (including phenoxy) is 2. The quantitative estimate of drug-likeness (QED) is 0.238. The lowest BCUT2D eigenvalue weighted by molar-refractivity contribution is -0.132. The second-order valence-corrected chi connectivity index (χ2v) is 8.77. The topological polar surface area (TPSA) is 106 Å². The molecule has 8 nitrogen and oxygen atoms in total. The highest BCUT2D eigenvalue weighted by atomic mass is 35.5. The summed E-state index contributed by atoms with van der Waals surface area (Å²) < 4.78 is 10.0. The minimum atomic E-state index is -1.03. The maximum atomic E-state index is 13.2. The first-order valence-corrected chi connectivity index (χ1v) is 11.2. The van der Waals surface area contributed by atoms with Crippen LogP contribution >= 0.6 is 22.9 Å². The van der Waals surface area contributed by atoms with Crippen LogP contribution in [0.2, 0.25) is 5.02 Å². The first-order chi connectivity index (χ1) is 16.3. The molecule has 10 heteroatoms. The highest BCUT2D eigenvalue weighted by Crippen LogP contribution is 2.44. The van der Waals surface area contributed by atoms with Gasteiger partial charge in [-0.3, -0.25) is 14.5 Å². The van der Waals surface area contributed by atoms with E-state index in [1.165, 1.54) is 19.1 Å². The van der Waals surface area contributed by atoms with Crippen LogP contribution in [0.3, 0.4) is 0 Å². The van der Waals surface area contributed by atoms with E-state index in [-0.39, 0.29) is 21.3 Å². The van der Waals surface area contributed by atoms with E-state index < -0.39 is 23.7 Å². The second-order valence-electron chi connectivity index (χ2n) is 7.36. The Morgan fingerprint density at radius 3 is 2.56 bits per heavy atom. The number of hydrogen-bond donors (Lipinski definition) is 1. The van der Waals surface area contributed by atoms with Crippen LogP contribution in [0.1, 0.15) is 32.5 Å². The first-order valence-electron chi connectivity index (χ1n) is 10.0. The molecule has 1 aliphatic heterocycles. The standard InChI is InChI=1S/C24H19ClN2O6S/c1-12-21(23(31)33-3)34-24(26-12)27-18(13-6-4-8-15(25)10-13)17(20(29)22(27)30)19(28)14-7-5-9-16(11-14)32-2/h4-11,18,28H,1-3H3. The number of thiazole rings is 1. The monoisotopic (exact) mass is 498 g/mol. The number of nitrogens with zero attached hydrogens (tertiary/aromatic N) is 2. The summed E-state index contributed by atoms with van der Waals surface area (Å²) in [4.78, 5) is 44.3. The molecule has 4 rings (SSSR count). The molecule has 2 aromatic carbocycles. The number of ketones is 1. The molecule has 1 aromatic heterocycles. The van der Waals surface area contributed by atoms with E-state index in [1.54, 1.807) is 55.5 Å². The highest BCUT2D eigenvalue weighted by Gasteiger charge is 2.48. The zero-order valence-corrected chi connectivity index (χ0v) is 19.9. The van der Waals surface area contributed by atoms with Crippen molar-refractivity contribution in [2.75, 3.05) is 19.1 Å². The largest absolute Gasteiger partial charge is 0.507 e. The van der Waals surface area contributed by atoms with E-state index in [2.05, 4.69) is 4.98 Å². The number of carbonyl (C=O) groups is 3. The van der Waals surface area contributed by atoms with Gasteiger partial charge in [-0.25, -0.2) is 9.78 Å². The van der Waals surface area contributed by atoms with E-state index in [9.17, 15) is 19.5 Å². The van der Waals surface area contributed by atoms with Gasteiger partial charge in [0.2, 0.25) is 0 Å². The van der Waals surface area contributed by atoms with Crippen LogP contribution in [0.4, 0.5) is 5.13 Å². The Morgan fingerprint density at radius 1 is 1.15 bits per heavy atom. The van der Waals surface area contributed by atoms with Crippen molar-refractivity contribution in [3.63, 3.8) is 0 Å². The molecule has 1 unspecified atom stereocenters. The minimum Gasteiger partial charge on any atom is -0.507 e. The van der Waals surface area contributed by atoms with Crippen LogP contribution in [0.15, 0.2) is 54.1 Å². The number of hydrogen-bond acceptors (Lipinski definition) is 8. The number of aliphatic hydroxyl groups is 1. The summed E-state index contributed by atoms with van der Waals surface area (Å²) in [6.45, 7) is 1.60. The van der Waals surface area contributed by atoms with Crippen LogP contribution in [0.25, 0.3) is 5.76 Å². The average molecular weight is 499 g/mol. The van der Waals surface area contributed by atoms with Crippen LogP contribution in [-0.4, -0.2) is 42.0 Å². The van der Waals surface area contributed by atoms with Crippen molar-refractivity contribution in [1.29, 1.82) is 0 Å². The van der Waals surface area contributed by atoms with Crippen molar-refractivity contribution >= 4 is 51.5 Å². The van der Waals surface area contributed by atoms with Gasteiger partial charge in [0.15, 0.2) is 5.13 Å². The number of methoxy groups -OCH3 is 2. The summed E-state index contributed by atoms with van der Waals surface area (Å²) in [5.41, 5.74) is 1.01. The normalized spacial score (nSPS) is 17.2. The van der Waals surface area contributed by atoms with Crippen LogP contribution in [-0.2, 0) is 14.3 Å². The average Bonchev–Trinajstić information content (AvgIpc) is 3.35. The van der Waals surface area contributed by atoms with Crippen molar-refractivity contribution in [1.82, 2.24) is 4.98 Å². The number of halogens is 1. The fourth-order valence-corrected chi connectivity index (χ4v) is 4.93. The van der Waals surface area contributed by atoms with E-state index >= 15 is 0 Å². The lowest BCUT2D eigenvalue weighted by atomic mass is 9.95. The molecule has 3 aromatic rings. The predicted octanol–water partition coefficient (Wildman–Crippen LogP) is 4.53. The summed E-state index contributed by atoms with van der Waals surface area (Å²) in [7, 11) is 2.72. The number of rotatable bonds is 5. The van der Waals surface area contributed by atoms with Gasteiger partial charge in [-0.05, 0) is 36.8 Å². The highest BCUT2D eigenvalue weighted by molar-refractivity contribution is 7.17. The molecule has 0 bridgehead atoms. The number of esters is 1. The number of aliphatic hydroxyl groups excluding tert-OH is 1. The Kier molecular flexibility index (Phi) is 6.41. The molecule has 1 aliphatic rings. The van der Waals surface area contributed by atoms with Gasteiger partial charge in [0, 0.05) is 10.6 Å². The van der Waals surface area contributed by atoms with E-state index in [0.717, 1.165) is 11.3 Å². The molecule has 2 heterocycles. The van der Waals surface area contributed by atoms with E-state index in [1.807, 2.05) is 0 Å². The van der Waals surface area contributed by atoms with Crippen LogP contribution < -0.4 is 9.64 Å². The second kappa shape index (κ2) is 9.28. The predicted molar refractivity (Wildman–Crippen MR) is 127 cm³/mol. The lowest BCUT2D eigenvalue weighted by Gasteiger charge is -2.23. The van der Waals surface area contributed by atoms with Crippen molar-refractivity contribution in [2.24, 2.45) is 0 Å². The molecule has 1 fully saturated rings. The third-order valence-corrected chi connectivity index (χ3v) is 6.69. The number of amides is 1. The number of Topliss-reactive ketones (excluding diaryl/α,β-unsaturated/α-hetero) is 1. The Bertz CT molecular complexity index is 1350. The summed E-state index contributed by atoms with van der Waals surface area (Å²) in [5.74, 6) is -2.28. The van der Waals surface area contributed by atoms with Crippen molar-refractivity contribution in [2.45, 2.75) is 13.0 Å². The minimum absolute atomic E-state index is 0.120. The molecule has 1 amide bonds. The molecule has 174 valence electrons. The molecule has 1 saturated heterocycles. The zero-order valence-electron chi connectivity index (χ0n) is 18.4. The van der Waals surface area contributed by atoms with Gasteiger partial charge in [0.25, 0.3) is 5.78 Å². The molecular weight excluding hydrogens is 480 g/mol. The van der Waals surface area contributed by atoms with Gasteiger partial charge < -0.3 is 14.6 Å². The van der Waals surface area contributed by atoms with Gasteiger partial charge in [-0.15, -0.1) is 0 Å². The van der Waals surface area contributed by atoms with Gasteiger partial charge in [0.05, 0.1) is 31.5 Å². The number of carbonyl (C=O) groups excluding carboxylic acids is 3. The smallest absolute Gasteiger partial charge is 0.350 e. The Morgan fingerprint density at radius 2 is 1.88 bits per heavy atom. The number of aryl methyl sites for hydroxylation is 1. The molecule has 1 N–H and O–H groups in total. The summed E-state index contributed by atoms with van der Waals surface area (Å²) in [6.07, 6.45) is 0. The molecular formula is C24H19ClN2O6S. The summed E-state index contributed by atoms with van der Waals surface area (Å²) >= 11 is 7.13. The van der Waals surface area contributed by atoms with Crippen molar-refractivity contribution in [3.8, 4) is 5.75 Å². The lowest BCUT2D eigenvalue weighted by Crippen LogP contribution is -2.29. The zero-order chi connectivity index (χ0) is 24.6. The SMILES string of the molecule is COC(=O)c1sc(N2C(=O)C(=O)C(=C(O)c3cccc(OC)c3)C2c2cccc(Cl)c2)nc1C. The Balaban J connectivity index is 1.95. The molecule has 0 spiro atoms. The number of anilines is 1. The Labute approximate surface area is 204 Å². The van der Waals surface area contributed by atoms with E-state index in [0.29, 0.717) is 27.6 Å². The third-order valence-electron chi connectivity index (χ3n) is 5.31. The molecule has 0 aliphatic carbocycles. The first kappa shape index (κ1) is 23.5. The van der Waals surface area contributed by atoms with E-state index in [4.69, 9.17) is 21.1 Å². The fraction of sp³-hybridized carbons (Fsp3) is 0.167. The third kappa shape index (κ3) is 4.04.